The Morgan fingerprint density at radius 2 is 1.91 bits per heavy atom. The van der Waals surface area contributed by atoms with Gasteiger partial charge in [-0.3, -0.25) is 0 Å². The van der Waals surface area contributed by atoms with Crippen molar-refractivity contribution >= 4 is 11.6 Å². The molecule has 1 aliphatic rings. The molecule has 124 valence electrons. The zero-order valence-corrected chi connectivity index (χ0v) is 13.8. The van der Waals surface area contributed by atoms with Gasteiger partial charge in [0.2, 0.25) is 0 Å². The number of nitrogens with one attached hydrogen (secondary N) is 1. The second kappa shape index (κ2) is 7.49. The molecule has 0 radical (unpaired) electrons. The molecule has 1 saturated heterocycles. The summed E-state index contributed by atoms with van der Waals surface area (Å²) in [4.78, 5) is 0. The quantitative estimate of drug-likeness (QED) is 0.848. The first-order chi connectivity index (χ1) is 11.2. The maximum Gasteiger partial charge on any atom is 0.135 e. The summed E-state index contributed by atoms with van der Waals surface area (Å²) in [5, 5.41) is 13.8. The summed E-state index contributed by atoms with van der Waals surface area (Å²) in [6.07, 6.45) is 1.78. The molecular weight excluding hydrogens is 314 g/mol. The van der Waals surface area contributed by atoms with Gasteiger partial charge in [0.15, 0.2) is 0 Å². The smallest absolute Gasteiger partial charge is 0.135 e. The van der Waals surface area contributed by atoms with Crippen LogP contribution in [0.4, 0.5) is 0 Å². The number of ether oxygens (including phenoxy) is 1. The average Bonchev–Trinajstić information content (AvgIpc) is 3.05. The molecule has 1 aromatic heterocycles. The lowest BCUT2D eigenvalue weighted by Crippen LogP contribution is -2.41. The molecule has 1 fully saturated rings. The van der Waals surface area contributed by atoms with Crippen LogP contribution in [0.2, 0.25) is 5.02 Å². The number of hydrogen-bond acceptors (Lipinski definition) is 4. The van der Waals surface area contributed by atoms with Crippen molar-refractivity contribution in [2.24, 2.45) is 5.41 Å². The first-order valence-corrected chi connectivity index (χ1v) is 8.33. The van der Waals surface area contributed by atoms with Crippen LogP contribution in [0.5, 0.6) is 0 Å². The van der Waals surface area contributed by atoms with Gasteiger partial charge in [-0.25, -0.2) is 0 Å². The second-order valence-corrected chi connectivity index (χ2v) is 6.53. The van der Waals surface area contributed by atoms with Crippen LogP contribution in [-0.4, -0.2) is 31.5 Å². The minimum absolute atomic E-state index is 0.0730. The van der Waals surface area contributed by atoms with Gasteiger partial charge in [-0.15, -0.1) is 0 Å². The molecule has 2 N–H and O–H groups in total. The second-order valence-electron chi connectivity index (χ2n) is 6.12. The highest BCUT2D eigenvalue weighted by Gasteiger charge is 2.31. The van der Waals surface area contributed by atoms with E-state index in [9.17, 15) is 5.11 Å². The summed E-state index contributed by atoms with van der Waals surface area (Å²) in [6.45, 7) is 3.02. The van der Waals surface area contributed by atoms with Crippen LogP contribution in [-0.2, 0) is 11.3 Å². The normalized spacial score (nSPS) is 17.3. The number of halogens is 1. The molecule has 0 atom stereocenters. The van der Waals surface area contributed by atoms with E-state index in [2.05, 4.69) is 5.32 Å². The molecule has 0 unspecified atom stereocenters. The van der Waals surface area contributed by atoms with Crippen LogP contribution in [0.25, 0.3) is 11.3 Å². The fourth-order valence-electron chi connectivity index (χ4n) is 2.92. The number of hydrogen-bond donors (Lipinski definition) is 2. The van der Waals surface area contributed by atoms with Gasteiger partial charge in [0.25, 0.3) is 0 Å². The summed E-state index contributed by atoms with van der Waals surface area (Å²) in [6, 6.07) is 11.5. The summed E-state index contributed by atoms with van der Waals surface area (Å²) in [5.74, 6) is 1.63. The highest BCUT2D eigenvalue weighted by atomic mass is 35.5. The molecule has 3 rings (SSSR count). The van der Waals surface area contributed by atoms with Crippen molar-refractivity contribution in [3.63, 3.8) is 0 Å². The van der Waals surface area contributed by atoms with Gasteiger partial charge in [0.05, 0.1) is 18.2 Å². The summed E-state index contributed by atoms with van der Waals surface area (Å²) in [7, 11) is 0. The number of benzene rings is 1. The van der Waals surface area contributed by atoms with Crippen molar-refractivity contribution in [3.05, 3.63) is 47.2 Å². The molecule has 0 amide bonds. The Balaban J connectivity index is 1.58. The molecule has 0 aliphatic carbocycles. The maximum absolute atomic E-state index is 9.69. The molecule has 1 aromatic carbocycles. The summed E-state index contributed by atoms with van der Waals surface area (Å²) in [5.41, 5.74) is 0.827. The molecule has 2 heterocycles. The van der Waals surface area contributed by atoms with Gasteiger partial charge >= 0.3 is 0 Å². The zero-order valence-electron chi connectivity index (χ0n) is 13.1. The third-order valence-electron chi connectivity index (χ3n) is 4.49. The molecular formula is C18H22ClNO3. The van der Waals surface area contributed by atoms with Crippen LogP contribution >= 0.6 is 11.6 Å². The Morgan fingerprint density at radius 3 is 2.65 bits per heavy atom. The van der Waals surface area contributed by atoms with Gasteiger partial charge in [-0.1, -0.05) is 23.7 Å². The molecule has 2 aromatic rings. The van der Waals surface area contributed by atoms with Crippen molar-refractivity contribution in [1.82, 2.24) is 5.32 Å². The Hall–Kier alpha value is -1.33. The highest BCUT2D eigenvalue weighted by Crippen LogP contribution is 2.30. The molecule has 0 spiro atoms. The average molecular weight is 336 g/mol. The van der Waals surface area contributed by atoms with E-state index in [1.54, 1.807) is 0 Å². The highest BCUT2D eigenvalue weighted by molar-refractivity contribution is 6.33. The summed E-state index contributed by atoms with van der Waals surface area (Å²) >= 11 is 6.20. The predicted octanol–water partition coefficient (Wildman–Crippen LogP) is 3.48. The van der Waals surface area contributed by atoms with Crippen LogP contribution in [0, 0.1) is 5.41 Å². The fourth-order valence-corrected chi connectivity index (χ4v) is 3.15. The Bertz CT molecular complexity index is 635. The van der Waals surface area contributed by atoms with E-state index in [4.69, 9.17) is 20.8 Å². The lowest BCUT2D eigenvalue weighted by atomic mass is 9.81. The van der Waals surface area contributed by atoms with Crippen LogP contribution in [0.3, 0.4) is 0 Å². The van der Waals surface area contributed by atoms with Crippen molar-refractivity contribution in [1.29, 1.82) is 0 Å². The van der Waals surface area contributed by atoms with E-state index < -0.39 is 0 Å². The SMILES string of the molecule is OCC1(CNCc2ccc(-c3ccccc3Cl)o2)CCOCC1. The van der Waals surface area contributed by atoms with E-state index >= 15 is 0 Å². The van der Waals surface area contributed by atoms with E-state index in [1.165, 1.54) is 0 Å². The Labute approximate surface area is 141 Å². The van der Waals surface area contributed by atoms with Crippen molar-refractivity contribution in [3.8, 4) is 11.3 Å². The Kier molecular flexibility index (Phi) is 5.38. The van der Waals surface area contributed by atoms with Crippen molar-refractivity contribution in [2.75, 3.05) is 26.4 Å². The van der Waals surface area contributed by atoms with Crippen LogP contribution in [0.15, 0.2) is 40.8 Å². The number of rotatable bonds is 6. The van der Waals surface area contributed by atoms with E-state index in [1.807, 2.05) is 36.4 Å². The van der Waals surface area contributed by atoms with Gasteiger partial charge in [-0.2, -0.15) is 0 Å². The van der Waals surface area contributed by atoms with E-state index in [0.29, 0.717) is 11.6 Å². The van der Waals surface area contributed by atoms with Crippen molar-refractivity contribution < 1.29 is 14.3 Å². The molecule has 0 bridgehead atoms. The van der Waals surface area contributed by atoms with Gasteiger partial charge < -0.3 is 19.6 Å². The topological polar surface area (TPSA) is 54.6 Å². The minimum atomic E-state index is -0.0730. The van der Waals surface area contributed by atoms with E-state index in [-0.39, 0.29) is 12.0 Å². The number of aliphatic hydroxyl groups excluding tert-OH is 1. The molecule has 4 nitrogen and oxygen atoms in total. The molecule has 23 heavy (non-hydrogen) atoms. The molecule has 5 heteroatoms. The third-order valence-corrected chi connectivity index (χ3v) is 4.82. The predicted molar refractivity (Wildman–Crippen MR) is 90.4 cm³/mol. The lowest BCUT2D eigenvalue weighted by molar-refractivity contribution is -0.0155. The largest absolute Gasteiger partial charge is 0.460 e. The van der Waals surface area contributed by atoms with Crippen LogP contribution < -0.4 is 5.32 Å². The summed E-state index contributed by atoms with van der Waals surface area (Å²) < 4.78 is 11.3. The van der Waals surface area contributed by atoms with Gasteiger partial charge in [0, 0.05) is 30.7 Å². The molecule has 0 saturated carbocycles. The fraction of sp³-hybridized carbons (Fsp3) is 0.444. The van der Waals surface area contributed by atoms with Gasteiger partial charge in [-0.05, 0) is 37.1 Å². The minimum Gasteiger partial charge on any atom is -0.460 e. The number of aliphatic hydroxyl groups is 1. The van der Waals surface area contributed by atoms with Crippen molar-refractivity contribution in [2.45, 2.75) is 19.4 Å². The van der Waals surface area contributed by atoms with E-state index in [0.717, 1.165) is 49.7 Å². The van der Waals surface area contributed by atoms with Crippen LogP contribution in [0.1, 0.15) is 18.6 Å². The lowest BCUT2D eigenvalue weighted by Gasteiger charge is -2.35. The molecule has 1 aliphatic heterocycles. The standard InChI is InChI=1S/C18H22ClNO3/c19-16-4-2-1-3-15(16)17-6-5-14(23-17)11-20-12-18(13-21)7-9-22-10-8-18/h1-6,20-21H,7-13H2. The zero-order chi connectivity index (χ0) is 16.1. The Morgan fingerprint density at radius 1 is 1.13 bits per heavy atom. The first kappa shape index (κ1) is 16.5. The number of furan rings is 1. The monoisotopic (exact) mass is 335 g/mol. The first-order valence-electron chi connectivity index (χ1n) is 7.95. The van der Waals surface area contributed by atoms with Gasteiger partial charge in [0.1, 0.15) is 11.5 Å². The maximum atomic E-state index is 9.69. The third kappa shape index (κ3) is 3.96.